The van der Waals surface area contributed by atoms with E-state index in [9.17, 15) is 0 Å². The minimum atomic E-state index is 0.312. The molecule has 0 aromatic carbocycles. The van der Waals surface area contributed by atoms with Crippen LogP contribution in [0.3, 0.4) is 0 Å². The summed E-state index contributed by atoms with van der Waals surface area (Å²) in [6, 6.07) is 4.33. The summed E-state index contributed by atoms with van der Waals surface area (Å²) in [4.78, 5) is 1.45. The van der Waals surface area contributed by atoms with Crippen molar-refractivity contribution in [1.82, 2.24) is 5.32 Å². The fourth-order valence-electron chi connectivity index (χ4n) is 2.50. The van der Waals surface area contributed by atoms with Gasteiger partial charge in [-0.2, -0.15) is 0 Å². The van der Waals surface area contributed by atoms with Gasteiger partial charge in [-0.05, 0) is 55.6 Å². The van der Waals surface area contributed by atoms with Gasteiger partial charge in [-0.1, -0.05) is 6.07 Å². The third-order valence-corrected chi connectivity index (χ3v) is 4.31. The second kappa shape index (κ2) is 5.64. The van der Waals surface area contributed by atoms with Gasteiger partial charge in [0.15, 0.2) is 0 Å². The second-order valence-corrected chi connectivity index (χ2v) is 5.20. The number of rotatable bonds is 4. The topological polar surface area (TPSA) is 32.3 Å². The van der Waals surface area contributed by atoms with Gasteiger partial charge in [0.2, 0.25) is 0 Å². The van der Waals surface area contributed by atoms with Crippen molar-refractivity contribution in [3.05, 3.63) is 22.4 Å². The van der Waals surface area contributed by atoms with Gasteiger partial charge < -0.3 is 10.4 Å². The molecule has 1 unspecified atom stereocenters. The summed E-state index contributed by atoms with van der Waals surface area (Å²) in [5.74, 6) is 1.34. The summed E-state index contributed by atoms with van der Waals surface area (Å²) < 4.78 is 0. The summed E-state index contributed by atoms with van der Waals surface area (Å²) in [6.45, 7) is 2.59. The van der Waals surface area contributed by atoms with Gasteiger partial charge >= 0.3 is 0 Å². The van der Waals surface area contributed by atoms with Crippen LogP contribution in [0.4, 0.5) is 0 Å². The van der Waals surface area contributed by atoms with Gasteiger partial charge in [0.25, 0.3) is 0 Å². The Kier molecular flexibility index (Phi) is 4.18. The van der Waals surface area contributed by atoms with Crippen molar-refractivity contribution in [2.45, 2.75) is 25.2 Å². The zero-order chi connectivity index (χ0) is 10.5. The Hall–Kier alpha value is -0.380. The standard InChI is InChI=1S/C12H19NOS/c14-8-5-11(12-2-1-9-15-12)10-3-6-13-7-4-10/h1-2,9-11,13-14H,3-8H2. The highest BCUT2D eigenvalue weighted by atomic mass is 32.1. The van der Waals surface area contributed by atoms with Crippen LogP contribution in [0.2, 0.25) is 0 Å². The molecule has 0 aliphatic carbocycles. The first-order valence-corrected chi connectivity index (χ1v) is 6.64. The maximum atomic E-state index is 9.16. The molecule has 1 saturated heterocycles. The number of thiophene rings is 1. The van der Waals surface area contributed by atoms with Crippen LogP contribution in [0, 0.1) is 5.92 Å². The molecular weight excluding hydrogens is 206 g/mol. The van der Waals surface area contributed by atoms with Gasteiger partial charge in [0.1, 0.15) is 0 Å². The molecule has 2 rings (SSSR count). The predicted octanol–water partition coefficient (Wildman–Crippen LogP) is 2.21. The fourth-order valence-corrected chi connectivity index (χ4v) is 3.45. The molecule has 2 nitrogen and oxygen atoms in total. The van der Waals surface area contributed by atoms with Gasteiger partial charge in [0.05, 0.1) is 0 Å². The van der Waals surface area contributed by atoms with Crippen LogP contribution in [0.5, 0.6) is 0 Å². The molecule has 1 fully saturated rings. The summed E-state index contributed by atoms with van der Waals surface area (Å²) in [5, 5.41) is 14.7. The lowest BCUT2D eigenvalue weighted by Gasteiger charge is -2.29. The maximum absolute atomic E-state index is 9.16. The Morgan fingerprint density at radius 1 is 1.47 bits per heavy atom. The molecule has 0 saturated carbocycles. The number of piperidine rings is 1. The van der Waals surface area contributed by atoms with Gasteiger partial charge in [0, 0.05) is 11.5 Å². The molecule has 84 valence electrons. The lowest BCUT2D eigenvalue weighted by Crippen LogP contribution is -2.31. The normalized spacial score (nSPS) is 20.3. The summed E-state index contributed by atoms with van der Waals surface area (Å²) in [5.41, 5.74) is 0. The van der Waals surface area contributed by atoms with E-state index in [4.69, 9.17) is 5.11 Å². The Balaban J connectivity index is 2.04. The van der Waals surface area contributed by atoms with Crippen LogP contribution >= 0.6 is 11.3 Å². The number of aliphatic hydroxyl groups is 1. The van der Waals surface area contributed by atoms with Crippen LogP contribution in [-0.4, -0.2) is 24.8 Å². The molecule has 2 N–H and O–H groups in total. The zero-order valence-electron chi connectivity index (χ0n) is 8.98. The van der Waals surface area contributed by atoms with E-state index < -0.39 is 0 Å². The van der Waals surface area contributed by atoms with E-state index in [0.717, 1.165) is 25.4 Å². The molecule has 15 heavy (non-hydrogen) atoms. The maximum Gasteiger partial charge on any atom is 0.0437 e. The molecule has 0 amide bonds. The fraction of sp³-hybridized carbons (Fsp3) is 0.667. The lowest BCUT2D eigenvalue weighted by molar-refractivity contribution is 0.235. The Morgan fingerprint density at radius 3 is 2.87 bits per heavy atom. The highest BCUT2D eigenvalue weighted by Crippen LogP contribution is 2.35. The van der Waals surface area contributed by atoms with Crippen molar-refractivity contribution < 1.29 is 5.11 Å². The monoisotopic (exact) mass is 225 g/mol. The summed E-state index contributed by atoms with van der Waals surface area (Å²) >= 11 is 1.83. The Morgan fingerprint density at radius 2 is 2.27 bits per heavy atom. The van der Waals surface area contributed by atoms with E-state index in [1.54, 1.807) is 0 Å². The number of aliphatic hydroxyl groups excluding tert-OH is 1. The molecule has 0 bridgehead atoms. The van der Waals surface area contributed by atoms with Crippen molar-refractivity contribution in [3.63, 3.8) is 0 Å². The van der Waals surface area contributed by atoms with E-state index in [1.807, 2.05) is 11.3 Å². The van der Waals surface area contributed by atoms with E-state index in [0.29, 0.717) is 12.5 Å². The van der Waals surface area contributed by atoms with Crippen molar-refractivity contribution in [1.29, 1.82) is 0 Å². The first-order valence-electron chi connectivity index (χ1n) is 5.77. The van der Waals surface area contributed by atoms with E-state index in [2.05, 4.69) is 22.8 Å². The average molecular weight is 225 g/mol. The summed E-state index contributed by atoms with van der Waals surface area (Å²) in [7, 11) is 0. The molecule has 1 atom stereocenters. The molecule has 1 aromatic rings. The van der Waals surface area contributed by atoms with Crippen LogP contribution in [0.25, 0.3) is 0 Å². The molecule has 1 aliphatic heterocycles. The van der Waals surface area contributed by atoms with E-state index >= 15 is 0 Å². The van der Waals surface area contributed by atoms with Gasteiger partial charge in [-0.15, -0.1) is 11.3 Å². The number of nitrogens with one attached hydrogen (secondary N) is 1. The molecule has 2 heterocycles. The third-order valence-electron chi connectivity index (χ3n) is 3.30. The van der Waals surface area contributed by atoms with Crippen LogP contribution in [-0.2, 0) is 0 Å². The first kappa shape index (κ1) is 11.1. The third kappa shape index (κ3) is 2.80. The molecular formula is C12H19NOS. The van der Waals surface area contributed by atoms with Gasteiger partial charge in [-0.25, -0.2) is 0 Å². The largest absolute Gasteiger partial charge is 0.396 e. The highest BCUT2D eigenvalue weighted by Gasteiger charge is 2.24. The van der Waals surface area contributed by atoms with Crippen LogP contribution in [0.1, 0.15) is 30.1 Å². The molecule has 0 radical (unpaired) electrons. The Bertz CT molecular complexity index is 267. The molecule has 1 aromatic heterocycles. The predicted molar refractivity (Wildman–Crippen MR) is 64.4 cm³/mol. The Labute approximate surface area is 95.3 Å². The van der Waals surface area contributed by atoms with Crippen molar-refractivity contribution in [2.24, 2.45) is 5.92 Å². The van der Waals surface area contributed by atoms with Crippen LogP contribution < -0.4 is 5.32 Å². The van der Waals surface area contributed by atoms with Gasteiger partial charge in [-0.3, -0.25) is 0 Å². The SMILES string of the molecule is OCCC(c1cccs1)C1CCNCC1. The molecule has 1 aliphatic rings. The smallest absolute Gasteiger partial charge is 0.0437 e. The lowest BCUT2D eigenvalue weighted by atomic mass is 9.82. The number of hydrogen-bond donors (Lipinski definition) is 2. The van der Waals surface area contributed by atoms with Crippen molar-refractivity contribution in [3.8, 4) is 0 Å². The quantitative estimate of drug-likeness (QED) is 0.823. The van der Waals surface area contributed by atoms with Crippen molar-refractivity contribution >= 4 is 11.3 Å². The van der Waals surface area contributed by atoms with E-state index in [-0.39, 0.29) is 0 Å². The average Bonchev–Trinajstić information content (AvgIpc) is 2.80. The second-order valence-electron chi connectivity index (χ2n) is 4.22. The van der Waals surface area contributed by atoms with E-state index in [1.165, 1.54) is 17.7 Å². The highest BCUT2D eigenvalue weighted by molar-refractivity contribution is 7.10. The summed E-state index contributed by atoms with van der Waals surface area (Å²) in [6.07, 6.45) is 3.43. The molecule has 3 heteroatoms. The molecule has 0 spiro atoms. The minimum Gasteiger partial charge on any atom is -0.396 e. The zero-order valence-corrected chi connectivity index (χ0v) is 9.80. The van der Waals surface area contributed by atoms with Crippen LogP contribution in [0.15, 0.2) is 17.5 Å². The minimum absolute atomic E-state index is 0.312. The van der Waals surface area contributed by atoms with Crippen molar-refractivity contribution in [2.75, 3.05) is 19.7 Å². The number of hydrogen-bond acceptors (Lipinski definition) is 3. The first-order chi connectivity index (χ1) is 7.42.